The number of hydrogen-bond donors (Lipinski definition) is 2. The molecular weight excluding hydrogens is 549 g/mol. The number of halogens is 5. The van der Waals surface area contributed by atoms with Crippen LogP contribution >= 0.6 is 11.8 Å². The molecule has 2 N–H and O–H groups in total. The van der Waals surface area contributed by atoms with Crippen LogP contribution < -0.4 is 5.32 Å². The predicted octanol–water partition coefficient (Wildman–Crippen LogP) is 6.79. The molecule has 5 rings (SSSR count). The maximum atomic E-state index is 14.0. The van der Waals surface area contributed by atoms with Gasteiger partial charge in [-0.25, -0.2) is 8.78 Å². The summed E-state index contributed by atoms with van der Waals surface area (Å²) in [5, 5.41) is 15.2. The summed E-state index contributed by atoms with van der Waals surface area (Å²) in [6, 6.07) is 7.20. The topological polar surface area (TPSA) is 74.0 Å². The van der Waals surface area contributed by atoms with Crippen LogP contribution in [0.1, 0.15) is 66.0 Å². The molecule has 2 heterocycles. The molecule has 1 amide bonds. The first-order valence-corrected chi connectivity index (χ1v) is 13.9. The Labute approximate surface area is 232 Å². The Hall–Kier alpha value is -3.41. The van der Waals surface area contributed by atoms with Crippen molar-refractivity contribution in [3.63, 3.8) is 0 Å². The second-order valence-electron chi connectivity index (χ2n) is 10.4. The van der Waals surface area contributed by atoms with Gasteiger partial charge in [0.1, 0.15) is 0 Å². The zero-order chi connectivity index (χ0) is 28.8. The van der Waals surface area contributed by atoms with Gasteiger partial charge in [0, 0.05) is 42.2 Å². The minimum Gasteiger partial charge on any atom is -0.347 e. The van der Waals surface area contributed by atoms with Gasteiger partial charge < -0.3 is 10.2 Å². The first-order valence-electron chi connectivity index (χ1n) is 12.9. The Balaban J connectivity index is 1.54. The minimum atomic E-state index is -4.72. The average Bonchev–Trinajstić information content (AvgIpc) is 3.48. The Morgan fingerprint density at radius 2 is 1.90 bits per heavy atom. The van der Waals surface area contributed by atoms with Crippen LogP contribution in [0.4, 0.5) is 22.0 Å². The average molecular weight is 578 g/mol. The molecule has 1 aliphatic heterocycles. The van der Waals surface area contributed by atoms with Crippen LogP contribution in [0.3, 0.4) is 0 Å². The number of nitrogens with one attached hydrogen (secondary N) is 2. The van der Waals surface area contributed by atoms with E-state index in [0.29, 0.717) is 22.8 Å². The summed E-state index contributed by atoms with van der Waals surface area (Å²) in [5.74, 6) is -1.78. The molecule has 1 unspecified atom stereocenters. The van der Waals surface area contributed by atoms with E-state index in [1.807, 2.05) is 0 Å². The third kappa shape index (κ3) is 6.01. The van der Waals surface area contributed by atoms with Crippen LogP contribution in [0.15, 0.2) is 42.6 Å². The molecule has 12 heteroatoms. The van der Waals surface area contributed by atoms with Crippen molar-refractivity contribution in [2.24, 2.45) is 5.92 Å². The van der Waals surface area contributed by atoms with Gasteiger partial charge in [-0.15, -0.1) is 0 Å². The second-order valence-corrected chi connectivity index (χ2v) is 11.5. The summed E-state index contributed by atoms with van der Waals surface area (Å²) >= 11 is 1.38. The van der Waals surface area contributed by atoms with E-state index < -0.39 is 35.5 Å². The molecule has 6 nitrogen and oxygen atoms in total. The van der Waals surface area contributed by atoms with E-state index in [1.165, 1.54) is 34.8 Å². The normalized spacial score (nSPS) is 16.6. The van der Waals surface area contributed by atoms with Crippen LogP contribution in [0, 0.1) is 23.0 Å². The van der Waals surface area contributed by atoms with Gasteiger partial charge in [-0.05, 0) is 79.6 Å². The van der Waals surface area contributed by atoms with E-state index in [-0.39, 0.29) is 35.2 Å². The van der Waals surface area contributed by atoms with Crippen LogP contribution in [0.5, 0.6) is 0 Å². The van der Waals surface area contributed by atoms with Crippen molar-refractivity contribution in [3.8, 4) is 11.1 Å². The van der Waals surface area contributed by atoms with Crippen LogP contribution in [0.25, 0.3) is 11.1 Å². The molecule has 212 valence electrons. The van der Waals surface area contributed by atoms with Crippen molar-refractivity contribution in [1.29, 1.82) is 5.41 Å². The molecule has 0 spiro atoms. The Bertz CT molecular complexity index is 1450. The lowest BCUT2D eigenvalue weighted by Crippen LogP contribution is -2.30. The zero-order valence-corrected chi connectivity index (χ0v) is 22.7. The first kappa shape index (κ1) is 28.1. The van der Waals surface area contributed by atoms with Gasteiger partial charge in [0.25, 0.3) is 5.91 Å². The number of carbonyl (C=O) groups excluding carboxylic acids is 1. The van der Waals surface area contributed by atoms with E-state index in [9.17, 15) is 26.7 Å². The number of aromatic nitrogens is 2. The van der Waals surface area contributed by atoms with E-state index in [0.717, 1.165) is 30.7 Å². The molecule has 2 fully saturated rings. The number of rotatable bonds is 8. The van der Waals surface area contributed by atoms with Crippen molar-refractivity contribution in [1.82, 2.24) is 20.0 Å². The Kier molecular flexibility index (Phi) is 7.64. The standard InChI is InChI=1S/C28H28F5N5OS/c1-15(2)38-14-21(25(36-38)28(31,32)33)19-9-16(13-37-7-8-40-27(37)34)10-20(11-19)26(39)35-24(17-3-4-17)18-5-6-22(29)23(30)12-18/h5-6,9-12,14-15,17,24,34H,3-4,7-8,13H2,1-2H3,(H,35,39). The fourth-order valence-corrected chi connectivity index (χ4v) is 5.64. The lowest BCUT2D eigenvalue weighted by Gasteiger charge is -2.21. The molecule has 1 saturated carbocycles. The molecule has 1 aliphatic carbocycles. The van der Waals surface area contributed by atoms with Crippen LogP contribution in [-0.4, -0.2) is 38.1 Å². The molecule has 2 aliphatic rings. The van der Waals surface area contributed by atoms with Crippen molar-refractivity contribution < 1.29 is 26.7 Å². The molecule has 1 aromatic heterocycles. The minimum absolute atomic E-state index is 0.0414. The molecule has 40 heavy (non-hydrogen) atoms. The predicted molar refractivity (Wildman–Crippen MR) is 143 cm³/mol. The molecule has 3 aromatic rings. The molecular formula is C28H28F5N5OS. The van der Waals surface area contributed by atoms with E-state index in [4.69, 9.17) is 5.41 Å². The highest BCUT2D eigenvalue weighted by Gasteiger charge is 2.38. The monoisotopic (exact) mass is 577 g/mol. The Morgan fingerprint density at radius 1 is 1.15 bits per heavy atom. The number of nitrogens with zero attached hydrogens (tertiary/aromatic N) is 3. The van der Waals surface area contributed by atoms with Crippen molar-refractivity contribution in [3.05, 3.63) is 76.6 Å². The molecule has 0 bridgehead atoms. The first-order chi connectivity index (χ1) is 18.9. The van der Waals surface area contributed by atoms with Gasteiger partial charge in [-0.1, -0.05) is 17.8 Å². The van der Waals surface area contributed by atoms with Crippen molar-refractivity contribution in [2.75, 3.05) is 12.3 Å². The number of benzene rings is 2. The third-order valence-electron chi connectivity index (χ3n) is 7.04. The summed E-state index contributed by atoms with van der Waals surface area (Å²) in [4.78, 5) is 15.4. The third-order valence-corrected chi connectivity index (χ3v) is 7.96. The van der Waals surface area contributed by atoms with Crippen LogP contribution in [-0.2, 0) is 12.7 Å². The number of alkyl halides is 3. The number of carbonyl (C=O) groups is 1. The smallest absolute Gasteiger partial charge is 0.347 e. The fourth-order valence-electron chi connectivity index (χ4n) is 4.80. The SMILES string of the molecule is CC(C)n1cc(-c2cc(CN3CCSC3=N)cc(C(=O)NC(c3ccc(F)c(F)c3)C3CC3)c2)c(C(F)(F)F)n1. The summed E-state index contributed by atoms with van der Waals surface area (Å²) in [6.45, 7) is 4.29. The molecule has 2 aromatic carbocycles. The van der Waals surface area contributed by atoms with Gasteiger partial charge >= 0.3 is 6.18 Å². The van der Waals surface area contributed by atoms with E-state index >= 15 is 0 Å². The summed E-state index contributed by atoms with van der Waals surface area (Å²) < 4.78 is 70.8. The summed E-state index contributed by atoms with van der Waals surface area (Å²) in [6.07, 6.45) is -1.79. The van der Waals surface area contributed by atoms with Crippen molar-refractivity contribution >= 4 is 22.8 Å². The number of amidine groups is 1. The van der Waals surface area contributed by atoms with Gasteiger partial charge in [0.15, 0.2) is 22.5 Å². The molecule has 1 atom stereocenters. The quantitative estimate of drug-likeness (QED) is 0.289. The lowest BCUT2D eigenvalue weighted by molar-refractivity contribution is -0.141. The van der Waals surface area contributed by atoms with Crippen LogP contribution in [0.2, 0.25) is 0 Å². The van der Waals surface area contributed by atoms with Gasteiger partial charge in [0.05, 0.1) is 6.04 Å². The maximum Gasteiger partial charge on any atom is 0.435 e. The highest BCUT2D eigenvalue weighted by atomic mass is 32.2. The highest BCUT2D eigenvalue weighted by Crippen LogP contribution is 2.42. The maximum absolute atomic E-state index is 14.0. The largest absolute Gasteiger partial charge is 0.435 e. The van der Waals surface area contributed by atoms with E-state index in [1.54, 1.807) is 30.9 Å². The van der Waals surface area contributed by atoms with Gasteiger partial charge in [0.2, 0.25) is 0 Å². The number of amides is 1. The highest BCUT2D eigenvalue weighted by molar-refractivity contribution is 8.14. The second kappa shape index (κ2) is 10.9. The molecule has 0 radical (unpaired) electrons. The summed E-state index contributed by atoms with van der Waals surface area (Å²) in [5.41, 5.74) is 0.0945. The van der Waals surface area contributed by atoms with Crippen molar-refractivity contribution in [2.45, 2.75) is 51.5 Å². The van der Waals surface area contributed by atoms with E-state index in [2.05, 4.69) is 10.4 Å². The number of hydrogen-bond acceptors (Lipinski definition) is 4. The zero-order valence-electron chi connectivity index (χ0n) is 21.9. The fraction of sp³-hybridized carbons (Fsp3) is 0.393. The van der Waals surface area contributed by atoms with Gasteiger partial charge in [-0.2, -0.15) is 18.3 Å². The van der Waals surface area contributed by atoms with Gasteiger partial charge in [-0.3, -0.25) is 14.9 Å². The summed E-state index contributed by atoms with van der Waals surface area (Å²) in [7, 11) is 0. The Morgan fingerprint density at radius 3 is 2.50 bits per heavy atom. The number of thioether (sulfide) groups is 1. The molecule has 1 saturated heterocycles. The lowest BCUT2D eigenvalue weighted by atomic mass is 9.97.